The second kappa shape index (κ2) is 7.66. The van der Waals surface area contributed by atoms with Crippen molar-refractivity contribution in [3.63, 3.8) is 0 Å². The van der Waals surface area contributed by atoms with Gasteiger partial charge in [0, 0.05) is 12.4 Å². The number of nitriles is 1. The van der Waals surface area contributed by atoms with Crippen molar-refractivity contribution in [3.8, 4) is 6.07 Å². The highest BCUT2D eigenvalue weighted by atomic mass is 16.1. The van der Waals surface area contributed by atoms with Crippen molar-refractivity contribution < 1.29 is 4.79 Å². The molecule has 0 atom stereocenters. The molecule has 0 saturated heterocycles. The van der Waals surface area contributed by atoms with E-state index in [0.717, 1.165) is 5.69 Å². The first-order valence-electron chi connectivity index (χ1n) is 7.53. The van der Waals surface area contributed by atoms with E-state index in [2.05, 4.69) is 25.6 Å². The molecule has 0 aliphatic heterocycles. The van der Waals surface area contributed by atoms with Crippen molar-refractivity contribution in [2.75, 3.05) is 10.6 Å². The van der Waals surface area contributed by atoms with E-state index in [9.17, 15) is 4.79 Å². The minimum Gasteiger partial charge on any atom is -0.349 e. The summed E-state index contributed by atoms with van der Waals surface area (Å²) in [6.07, 6.45) is 3.20. The first-order chi connectivity index (χ1) is 12.3. The predicted octanol–water partition coefficient (Wildman–Crippen LogP) is 2.61. The normalized spacial score (nSPS) is 9.88. The number of nitrogens with zero attached hydrogens (tertiary/aromatic N) is 4. The van der Waals surface area contributed by atoms with Crippen LogP contribution >= 0.6 is 0 Å². The number of anilines is 2. The Balaban J connectivity index is 1.70. The van der Waals surface area contributed by atoms with Crippen LogP contribution in [0.4, 0.5) is 11.6 Å². The van der Waals surface area contributed by atoms with E-state index < -0.39 is 5.91 Å². The fourth-order valence-electron chi connectivity index (χ4n) is 2.12. The summed E-state index contributed by atoms with van der Waals surface area (Å²) < 4.78 is 0. The van der Waals surface area contributed by atoms with E-state index in [1.165, 1.54) is 12.3 Å². The Hall–Kier alpha value is -3.79. The molecule has 0 spiro atoms. The molecule has 2 heterocycles. The molecule has 3 aromatic rings. The zero-order valence-corrected chi connectivity index (χ0v) is 13.2. The van der Waals surface area contributed by atoms with Gasteiger partial charge in [0.05, 0.1) is 23.5 Å². The molecule has 7 heteroatoms. The zero-order chi connectivity index (χ0) is 17.5. The lowest BCUT2D eigenvalue weighted by molar-refractivity contribution is 0.102. The Labute approximate surface area is 144 Å². The minimum atomic E-state index is -0.411. The molecule has 122 valence electrons. The maximum atomic E-state index is 12.4. The molecule has 0 aliphatic carbocycles. The third-order valence-corrected chi connectivity index (χ3v) is 3.34. The molecule has 2 aromatic heterocycles. The number of nitrogens with one attached hydrogen (secondary N) is 2. The number of hydrogen-bond donors (Lipinski definition) is 2. The van der Waals surface area contributed by atoms with Crippen LogP contribution in [0.1, 0.15) is 21.7 Å². The van der Waals surface area contributed by atoms with Crippen molar-refractivity contribution in [1.82, 2.24) is 15.0 Å². The summed E-state index contributed by atoms with van der Waals surface area (Å²) in [6, 6.07) is 15.9. The van der Waals surface area contributed by atoms with Gasteiger partial charge in [0.25, 0.3) is 5.91 Å². The number of pyridine rings is 1. The van der Waals surface area contributed by atoms with Crippen molar-refractivity contribution in [2.45, 2.75) is 6.54 Å². The molecule has 25 heavy (non-hydrogen) atoms. The molecule has 1 aromatic carbocycles. The molecule has 0 unspecified atom stereocenters. The Kier molecular flexibility index (Phi) is 4.93. The SMILES string of the molecule is N#Cc1ccccc1NC(=O)c1ccnc(NCc2ccccn2)n1. The molecule has 0 bridgehead atoms. The highest BCUT2D eigenvalue weighted by Gasteiger charge is 2.11. The summed E-state index contributed by atoms with van der Waals surface area (Å²) in [6.45, 7) is 0.448. The van der Waals surface area contributed by atoms with Gasteiger partial charge in [-0.3, -0.25) is 9.78 Å². The second-order valence-corrected chi connectivity index (χ2v) is 5.05. The number of carbonyl (C=O) groups excluding carboxylic acids is 1. The summed E-state index contributed by atoms with van der Waals surface area (Å²) in [7, 11) is 0. The molecule has 0 fully saturated rings. The topological polar surface area (TPSA) is 104 Å². The van der Waals surface area contributed by atoms with E-state index in [1.807, 2.05) is 24.3 Å². The monoisotopic (exact) mass is 330 g/mol. The first kappa shape index (κ1) is 16.1. The number of para-hydroxylation sites is 1. The molecule has 7 nitrogen and oxygen atoms in total. The van der Waals surface area contributed by atoms with Crippen LogP contribution in [0.3, 0.4) is 0 Å². The molecule has 0 radical (unpaired) electrons. The summed E-state index contributed by atoms with van der Waals surface area (Å²) in [5.74, 6) is -0.0853. The Morgan fingerprint density at radius 1 is 1.04 bits per heavy atom. The van der Waals surface area contributed by atoms with Crippen molar-refractivity contribution in [1.29, 1.82) is 5.26 Å². The van der Waals surface area contributed by atoms with E-state index in [1.54, 1.807) is 30.5 Å². The van der Waals surface area contributed by atoms with Gasteiger partial charge in [-0.05, 0) is 30.3 Å². The van der Waals surface area contributed by atoms with Gasteiger partial charge in [0.2, 0.25) is 5.95 Å². The summed E-state index contributed by atoms with van der Waals surface area (Å²) in [5.41, 5.74) is 1.87. The number of amides is 1. The Morgan fingerprint density at radius 2 is 1.88 bits per heavy atom. The highest BCUT2D eigenvalue weighted by Crippen LogP contribution is 2.14. The molecular formula is C18H14N6O. The lowest BCUT2D eigenvalue weighted by Gasteiger charge is -2.08. The van der Waals surface area contributed by atoms with Crippen LogP contribution in [0, 0.1) is 11.3 Å². The van der Waals surface area contributed by atoms with Gasteiger partial charge in [-0.2, -0.15) is 5.26 Å². The van der Waals surface area contributed by atoms with Crippen molar-refractivity contribution in [3.05, 3.63) is 77.9 Å². The van der Waals surface area contributed by atoms with Crippen LogP contribution in [-0.4, -0.2) is 20.9 Å². The average Bonchev–Trinajstić information content (AvgIpc) is 2.68. The fourth-order valence-corrected chi connectivity index (χ4v) is 2.12. The number of hydrogen-bond acceptors (Lipinski definition) is 6. The summed E-state index contributed by atoms with van der Waals surface area (Å²) in [5, 5.41) is 14.8. The predicted molar refractivity (Wildman–Crippen MR) is 92.7 cm³/mol. The van der Waals surface area contributed by atoms with E-state index in [-0.39, 0.29) is 5.69 Å². The van der Waals surface area contributed by atoms with Crippen LogP contribution in [0.2, 0.25) is 0 Å². The summed E-state index contributed by atoms with van der Waals surface area (Å²) in [4.78, 5) is 24.8. The molecular weight excluding hydrogens is 316 g/mol. The van der Waals surface area contributed by atoms with Crippen molar-refractivity contribution >= 4 is 17.5 Å². The fraction of sp³-hybridized carbons (Fsp3) is 0.0556. The molecule has 1 amide bonds. The molecule has 2 N–H and O–H groups in total. The largest absolute Gasteiger partial charge is 0.349 e. The zero-order valence-electron chi connectivity index (χ0n) is 13.2. The Bertz CT molecular complexity index is 920. The lowest BCUT2D eigenvalue weighted by Crippen LogP contribution is -2.16. The third kappa shape index (κ3) is 4.14. The average molecular weight is 330 g/mol. The van der Waals surface area contributed by atoms with Gasteiger partial charge in [-0.1, -0.05) is 18.2 Å². The van der Waals surface area contributed by atoms with Gasteiger partial charge < -0.3 is 10.6 Å². The molecule has 0 saturated carbocycles. The number of benzene rings is 1. The molecule has 0 aliphatic rings. The van der Waals surface area contributed by atoms with Crippen LogP contribution in [0.25, 0.3) is 0 Å². The number of aromatic nitrogens is 3. The van der Waals surface area contributed by atoms with Gasteiger partial charge in [-0.25, -0.2) is 9.97 Å². The van der Waals surface area contributed by atoms with E-state index in [4.69, 9.17) is 5.26 Å². The first-order valence-corrected chi connectivity index (χ1v) is 7.53. The smallest absolute Gasteiger partial charge is 0.274 e. The maximum absolute atomic E-state index is 12.4. The lowest BCUT2D eigenvalue weighted by atomic mass is 10.2. The second-order valence-electron chi connectivity index (χ2n) is 5.05. The Morgan fingerprint density at radius 3 is 2.68 bits per heavy atom. The van der Waals surface area contributed by atoms with E-state index in [0.29, 0.717) is 23.7 Å². The summed E-state index contributed by atoms with van der Waals surface area (Å²) >= 11 is 0. The number of carbonyl (C=O) groups is 1. The van der Waals surface area contributed by atoms with Gasteiger partial charge in [0.1, 0.15) is 11.8 Å². The standard InChI is InChI=1S/C18H14N6O/c19-11-13-5-1-2-7-15(13)23-17(25)16-8-10-21-18(24-16)22-12-14-6-3-4-9-20-14/h1-10H,12H2,(H,23,25)(H,21,22,24). The van der Waals surface area contributed by atoms with Crippen LogP contribution in [-0.2, 0) is 6.54 Å². The quantitative estimate of drug-likeness (QED) is 0.745. The highest BCUT2D eigenvalue weighted by molar-refractivity contribution is 6.03. The van der Waals surface area contributed by atoms with Gasteiger partial charge in [0.15, 0.2) is 0 Å². The van der Waals surface area contributed by atoms with Crippen molar-refractivity contribution in [2.24, 2.45) is 0 Å². The maximum Gasteiger partial charge on any atom is 0.274 e. The van der Waals surface area contributed by atoms with Crippen LogP contribution < -0.4 is 10.6 Å². The van der Waals surface area contributed by atoms with Crippen LogP contribution in [0.5, 0.6) is 0 Å². The minimum absolute atomic E-state index is 0.200. The molecule has 3 rings (SSSR count). The van der Waals surface area contributed by atoms with Gasteiger partial charge >= 0.3 is 0 Å². The van der Waals surface area contributed by atoms with Crippen LogP contribution in [0.15, 0.2) is 60.9 Å². The number of rotatable bonds is 5. The third-order valence-electron chi connectivity index (χ3n) is 3.34. The van der Waals surface area contributed by atoms with Gasteiger partial charge in [-0.15, -0.1) is 0 Å². The van der Waals surface area contributed by atoms with E-state index >= 15 is 0 Å².